The number of aromatic nitrogens is 1. The molecule has 1 unspecified atom stereocenters. The molecule has 0 amide bonds. The second-order valence-electron chi connectivity index (χ2n) is 4.69. The molecule has 0 fully saturated rings. The smallest absolute Gasteiger partial charge is 0.150 e. The summed E-state index contributed by atoms with van der Waals surface area (Å²) in [6.07, 6.45) is 3.67. The Kier molecular flexibility index (Phi) is 3.54. The van der Waals surface area contributed by atoms with Crippen molar-refractivity contribution in [3.8, 4) is 0 Å². The third kappa shape index (κ3) is 2.53. The molecule has 1 aliphatic carbocycles. The largest absolute Gasteiger partial charge is 0.360 e. The minimum atomic E-state index is 0.446. The molecule has 5 heteroatoms. The van der Waals surface area contributed by atoms with Gasteiger partial charge in [0.1, 0.15) is 0 Å². The van der Waals surface area contributed by atoms with Gasteiger partial charge < -0.3 is 9.84 Å². The number of nitrogens with one attached hydrogen (secondary N) is 1. The molecule has 0 bridgehead atoms. The van der Waals surface area contributed by atoms with Crippen molar-refractivity contribution in [1.82, 2.24) is 10.5 Å². The monoisotopic (exact) mass is 326 g/mol. The number of hydrogen-bond donors (Lipinski definition) is 1. The molecular formula is C13H15BrN2OS. The highest BCUT2D eigenvalue weighted by Gasteiger charge is 2.22. The SMILES string of the molecule is Cc1cc(CNC2CCCc3sc(Br)cc32)on1. The summed E-state index contributed by atoms with van der Waals surface area (Å²) in [5.41, 5.74) is 2.39. The van der Waals surface area contributed by atoms with E-state index in [2.05, 4.69) is 32.5 Å². The summed E-state index contributed by atoms with van der Waals surface area (Å²) in [4.78, 5) is 1.51. The van der Waals surface area contributed by atoms with Crippen molar-refractivity contribution in [3.63, 3.8) is 0 Å². The molecule has 0 radical (unpaired) electrons. The van der Waals surface area contributed by atoms with Gasteiger partial charge in [0.25, 0.3) is 0 Å². The highest BCUT2D eigenvalue weighted by molar-refractivity contribution is 9.11. The van der Waals surface area contributed by atoms with Crippen LogP contribution in [0.25, 0.3) is 0 Å². The first-order valence-corrected chi connectivity index (χ1v) is 7.77. The summed E-state index contributed by atoms with van der Waals surface area (Å²) in [6, 6.07) is 4.68. The van der Waals surface area contributed by atoms with Crippen molar-refractivity contribution in [2.24, 2.45) is 0 Å². The van der Waals surface area contributed by atoms with Crippen LogP contribution in [0.5, 0.6) is 0 Å². The van der Waals surface area contributed by atoms with Crippen LogP contribution in [-0.4, -0.2) is 5.16 Å². The predicted molar refractivity (Wildman–Crippen MR) is 75.8 cm³/mol. The van der Waals surface area contributed by atoms with Crippen LogP contribution in [0.1, 0.15) is 40.8 Å². The molecule has 1 atom stereocenters. The third-order valence-corrected chi connectivity index (χ3v) is 5.00. The average molecular weight is 327 g/mol. The fourth-order valence-corrected chi connectivity index (χ4v) is 4.28. The zero-order valence-electron chi connectivity index (χ0n) is 10.2. The van der Waals surface area contributed by atoms with Crippen LogP contribution >= 0.6 is 27.3 Å². The molecule has 0 spiro atoms. The van der Waals surface area contributed by atoms with E-state index in [0.29, 0.717) is 6.04 Å². The van der Waals surface area contributed by atoms with Gasteiger partial charge in [0, 0.05) is 17.0 Å². The van der Waals surface area contributed by atoms with Crippen LogP contribution in [0.3, 0.4) is 0 Å². The first-order valence-electron chi connectivity index (χ1n) is 6.16. The lowest BCUT2D eigenvalue weighted by molar-refractivity contribution is 0.353. The lowest BCUT2D eigenvalue weighted by Gasteiger charge is -2.23. The second kappa shape index (κ2) is 5.15. The normalized spacial score (nSPS) is 18.9. The third-order valence-electron chi connectivity index (χ3n) is 3.28. The van der Waals surface area contributed by atoms with E-state index in [1.165, 1.54) is 33.5 Å². The van der Waals surface area contributed by atoms with Crippen LogP contribution in [0.2, 0.25) is 0 Å². The molecule has 3 nitrogen and oxygen atoms in total. The minimum absolute atomic E-state index is 0.446. The molecule has 3 rings (SSSR count). The summed E-state index contributed by atoms with van der Waals surface area (Å²) in [6.45, 7) is 2.69. The van der Waals surface area contributed by atoms with E-state index in [-0.39, 0.29) is 0 Å². The van der Waals surface area contributed by atoms with E-state index in [4.69, 9.17) is 4.52 Å². The van der Waals surface area contributed by atoms with Crippen molar-refractivity contribution in [2.45, 2.75) is 38.8 Å². The van der Waals surface area contributed by atoms with Gasteiger partial charge in [0.2, 0.25) is 0 Å². The maximum atomic E-state index is 5.23. The van der Waals surface area contributed by atoms with E-state index < -0.39 is 0 Å². The molecule has 1 aliphatic rings. The van der Waals surface area contributed by atoms with E-state index in [1.54, 1.807) is 0 Å². The molecule has 2 aromatic rings. The molecule has 0 aromatic carbocycles. The van der Waals surface area contributed by atoms with Gasteiger partial charge in [-0.15, -0.1) is 11.3 Å². The number of halogens is 1. The van der Waals surface area contributed by atoms with E-state index in [1.807, 2.05) is 24.3 Å². The number of thiophene rings is 1. The van der Waals surface area contributed by atoms with E-state index in [0.717, 1.165) is 18.0 Å². The standard InChI is InChI=1S/C13H15BrN2OS/c1-8-5-9(17-16-8)7-15-11-3-2-4-12-10(11)6-13(14)18-12/h5-6,11,15H,2-4,7H2,1H3. The Labute approximate surface area is 119 Å². The topological polar surface area (TPSA) is 38.1 Å². The Morgan fingerprint density at radius 2 is 2.44 bits per heavy atom. The molecule has 1 N–H and O–H groups in total. The lowest BCUT2D eigenvalue weighted by Crippen LogP contribution is -2.23. The van der Waals surface area contributed by atoms with Crippen LogP contribution < -0.4 is 5.32 Å². The first kappa shape index (κ1) is 12.4. The maximum Gasteiger partial charge on any atom is 0.150 e. The molecule has 2 aromatic heterocycles. The van der Waals surface area contributed by atoms with Gasteiger partial charge in [-0.2, -0.15) is 0 Å². The van der Waals surface area contributed by atoms with Gasteiger partial charge >= 0.3 is 0 Å². The first-order chi connectivity index (χ1) is 8.72. The zero-order valence-corrected chi connectivity index (χ0v) is 12.6. The highest BCUT2D eigenvalue weighted by atomic mass is 79.9. The lowest BCUT2D eigenvalue weighted by atomic mass is 9.94. The number of nitrogens with zero attached hydrogens (tertiary/aromatic N) is 1. The second-order valence-corrected chi connectivity index (χ2v) is 7.21. The minimum Gasteiger partial charge on any atom is -0.360 e. The van der Waals surface area contributed by atoms with Gasteiger partial charge in [0.05, 0.1) is 16.0 Å². The predicted octanol–water partition coefficient (Wildman–Crippen LogP) is 3.97. The number of hydrogen-bond acceptors (Lipinski definition) is 4. The Balaban J connectivity index is 1.70. The van der Waals surface area contributed by atoms with Crippen LogP contribution in [0, 0.1) is 6.92 Å². The fourth-order valence-electron chi connectivity index (χ4n) is 2.46. The number of aryl methyl sites for hydroxylation is 2. The molecule has 96 valence electrons. The van der Waals surface area contributed by atoms with Crippen molar-refractivity contribution >= 4 is 27.3 Å². The summed E-state index contributed by atoms with van der Waals surface area (Å²) < 4.78 is 6.46. The molecule has 0 saturated carbocycles. The van der Waals surface area contributed by atoms with Crippen LogP contribution in [-0.2, 0) is 13.0 Å². The molecule has 18 heavy (non-hydrogen) atoms. The Hall–Kier alpha value is -0.650. The van der Waals surface area contributed by atoms with Gasteiger partial charge in [-0.25, -0.2) is 0 Å². The summed E-state index contributed by atoms with van der Waals surface area (Å²) in [7, 11) is 0. The number of rotatable bonds is 3. The van der Waals surface area contributed by atoms with Crippen molar-refractivity contribution < 1.29 is 4.52 Å². The fraction of sp³-hybridized carbons (Fsp3) is 0.462. The summed E-state index contributed by atoms with van der Waals surface area (Å²) >= 11 is 5.44. The molecule has 0 aliphatic heterocycles. The summed E-state index contributed by atoms with van der Waals surface area (Å²) in [5, 5.41) is 7.48. The van der Waals surface area contributed by atoms with Crippen molar-refractivity contribution in [1.29, 1.82) is 0 Å². The molecule has 0 saturated heterocycles. The van der Waals surface area contributed by atoms with Gasteiger partial charge in [-0.3, -0.25) is 0 Å². The van der Waals surface area contributed by atoms with Crippen LogP contribution in [0.4, 0.5) is 0 Å². The average Bonchev–Trinajstić information content (AvgIpc) is 2.91. The van der Waals surface area contributed by atoms with E-state index >= 15 is 0 Å². The van der Waals surface area contributed by atoms with Crippen LogP contribution in [0.15, 0.2) is 20.4 Å². The van der Waals surface area contributed by atoms with E-state index in [9.17, 15) is 0 Å². The Bertz CT molecular complexity index is 549. The summed E-state index contributed by atoms with van der Waals surface area (Å²) in [5.74, 6) is 0.911. The highest BCUT2D eigenvalue weighted by Crippen LogP contribution is 2.38. The Morgan fingerprint density at radius 1 is 1.56 bits per heavy atom. The Morgan fingerprint density at radius 3 is 3.22 bits per heavy atom. The van der Waals surface area contributed by atoms with Crippen molar-refractivity contribution in [2.75, 3.05) is 0 Å². The van der Waals surface area contributed by atoms with Gasteiger partial charge in [0.15, 0.2) is 5.76 Å². The maximum absolute atomic E-state index is 5.23. The van der Waals surface area contributed by atoms with Crippen molar-refractivity contribution in [3.05, 3.63) is 37.8 Å². The number of fused-ring (bicyclic) bond motifs is 1. The quantitative estimate of drug-likeness (QED) is 0.927. The van der Waals surface area contributed by atoms with Gasteiger partial charge in [-0.1, -0.05) is 5.16 Å². The zero-order chi connectivity index (χ0) is 12.5. The molecule has 2 heterocycles. The van der Waals surface area contributed by atoms with Gasteiger partial charge in [-0.05, 0) is 53.7 Å². The molecular weight excluding hydrogens is 312 g/mol.